The van der Waals surface area contributed by atoms with Crippen LogP contribution in [0.1, 0.15) is 36.5 Å². The number of hydrogen-bond acceptors (Lipinski definition) is 3. The van der Waals surface area contributed by atoms with Gasteiger partial charge in [0, 0.05) is 0 Å². The van der Waals surface area contributed by atoms with Crippen LogP contribution in [0.4, 0.5) is 0 Å². The Labute approximate surface area is 126 Å². The quantitative estimate of drug-likeness (QED) is 0.923. The molecule has 3 fully saturated rings. The standard InChI is InChI=1S/C18H24O3/c1-9-6-13(20-2)14(21-3)8-12(9)18(19)17-15-10-4-5-11(7-10)16(15)17/h6,8,10-11,15-19H,4-5,7H2,1-3H3. The molecule has 21 heavy (non-hydrogen) atoms. The number of rotatable bonds is 4. The maximum absolute atomic E-state index is 10.9. The van der Waals surface area contributed by atoms with Crippen LogP contribution >= 0.6 is 0 Å². The number of ether oxygens (including phenoxy) is 2. The zero-order valence-electron chi connectivity index (χ0n) is 13.0. The molecular formula is C18H24O3. The van der Waals surface area contributed by atoms with E-state index in [1.165, 1.54) is 19.3 Å². The smallest absolute Gasteiger partial charge is 0.161 e. The van der Waals surface area contributed by atoms with Crippen LogP contribution in [-0.2, 0) is 0 Å². The topological polar surface area (TPSA) is 38.7 Å². The van der Waals surface area contributed by atoms with E-state index in [0.717, 1.165) is 40.5 Å². The van der Waals surface area contributed by atoms with Gasteiger partial charge < -0.3 is 14.6 Å². The molecule has 3 aliphatic carbocycles. The molecule has 0 saturated heterocycles. The van der Waals surface area contributed by atoms with Gasteiger partial charge in [0.1, 0.15) is 0 Å². The Morgan fingerprint density at radius 2 is 1.62 bits per heavy atom. The maximum Gasteiger partial charge on any atom is 0.161 e. The van der Waals surface area contributed by atoms with Crippen LogP contribution in [0.2, 0.25) is 0 Å². The highest BCUT2D eigenvalue weighted by Crippen LogP contribution is 2.72. The number of aliphatic hydroxyl groups excluding tert-OH is 1. The van der Waals surface area contributed by atoms with E-state index in [2.05, 4.69) is 0 Å². The molecule has 0 radical (unpaired) electrons. The summed E-state index contributed by atoms with van der Waals surface area (Å²) in [6, 6.07) is 3.94. The van der Waals surface area contributed by atoms with Gasteiger partial charge in [-0.05, 0) is 79.0 Å². The Kier molecular flexibility index (Phi) is 2.97. The Balaban J connectivity index is 1.62. The van der Waals surface area contributed by atoms with Gasteiger partial charge in [-0.2, -0.15) is 0 Å². The monoisotopic (exact) mass is 288 g/mol. The van der Waals surface area contributed by atoms with Gasteiger partial charge in [-0.15, -0.1) is 0 Å². The molecule has 1 aromatic rings. The zero-order chi connectivity index (χ0) is 14.7. The van der Waals surface area contributed by atoms with Crippen molar-refractivity contribution in [2.75, 3.05) is 14.2 Å². The van der Waals surface area contributed by atoms with Gasteiger partial charge in [0.15, 0.2) is 11.5 Å². The highest BCUT2D eigenvalue weighted by molar-refractivity contribution is 5.48. The largest absolute Gasteiger partial charge is 0.493 e. The molecule has 3 nitrogen and oxygen atoms in total. The summed E-state index contributed by atoms with van der Waals surface area (Å²) in [5.41, 5.74) is 2.11. The van der Waals surface area contributed by atoms with Crippen LogP contribution in [0.3, 0.4) is 0 Å². The molecule has 3 aliphatic rings. The van der Waals surface area contributed by atoms with E-state index in [-0.39, 0.29) is 6.10 Å². The average molecular weight is 288 g/mol. The zero-order valence-corrected chi connectivity index (χ0v) is 13.0. The van der Waals surface area contributed by atoms with Crippen LogP contribution in [0.5, 0.6) is 11.5 Å². The third-order valence-corrected chi connectivity index (χ3v) is 6.25. The van der Waals surface area contributed by atoms with Crippen molar-refractivity contribution in [3.63, 3.8) is 0 Å². The van der Waals surface area contributed by atoms with Gasteiger partial charge in [-0.25, -0.2) is 0 Å². The Morgan fingerprint density at radius 3 is 2.19 bits per heavy atom. The van der Waals surface area contributed by atoms with Gasteiger partial charge in [0.25, 0.3) is 0 Å². The third kappa shape index (κ3) is 1.83. The van der Waals surface area contributed by atoms with Gasteiger partial charge >= 0.3 is 0 Å². The molecule has 0 spiro atoms. The minimum Gasteiger partial charge on any atom is -0.493 e. The van der Waals surface area contributed by atoms with Crippen molar-refractivity contribution >= 4 is 0 Å². The van der Waals surface area contributed by atoms with Crippen molar-refractivity contribution in [3.8, 4) is 11.5 Å². The predicted octanol–water partition coefficient (Wildman–Crippen LogP) is 3.34. The minimum absolute atomic E-state index is 0.344. The van der Waals surface area contributed by atoms with Gasteiger partial charge in [0.2, 0.25) is 0 Å². The van der Waals surface area contributed by atoms with Crippen LogP contribution in [0.25, 0.3) is 0 Å². The van der Waals surface area contributed by atoms with E-state index in [9.17, 15) is 5.11 Å². The van der Waals surface area contributed by atoms with Crippen molar-refractivity contribution in [1.29, 1.82) is 0 Å². The van der Waals surface area contributed by atoms with E-state index in [1.54, 1.807) is 14.2 Å². The molecule has 0 aliphatic heterocycles. The molecule has 3 saturated carbocycles. The lowest BCUT2D eigenvalue weighted by molar-refractivity contribution is 0.129. The molecule has 5 atom stereocenters. The Morgan fingerprint density at radius 1 is 1.05 bits per heavy atom. The van der Waals surface area contributed by atoms with Crippen LogP contribution in [0.15, 0.2) is 12.1 Å². The molecule has 0 aromatic heterocycles. The summed E-state index contributed by atoms with van der Waals surface area (Å²) in [6.07, 6.45) is 3.85. The number of benzene rings is 1. The first-order valence-corrected chi connectivity index (χ1v) is 8.06. The van der Waals surface area contributed by atoms with Gasteiger partial charge in [-0.3, -0.25) is 0 Å². The van der Waals surface area contributed by atoms with Crippen molar-refractivity contribution in [2.24, 2.45) is 29.6 Å². The molecular weight excluding hydrogens is 264 g/mol. The number of fused-ring (bicyclic) bond motifs is 5. The molecule has 2 bridgehead atoms. The van der Waals surface area contributed by atoms with Crippen LogP contribution in [0, 0.1) is 36.5 Å². The van der Waals surface area contributed by atoms with Crippen LogP contribution in [-0.4, -0.2) is 19.3 Å². The molecule has 1 N–H and O–H groups in total. The van der Waals surface area contributed by atoms with E-state index < -0.39 is 0 Å². The van der Waals surface area contributed by atoms with E-state index >= 15 is 0 Å². The van der Waals surface area contributed by atoms with Gasteiger partial charge in [0.05, 0.1) is 20.3 Å². The van der Waals surface area contributed by atoms with E-state index in [1.807, 2.05) is 19.1 Å². The summed E-state index contributed by atoms with van der Waals surface area (Å²) in [7, 11) is 3.30. The van der Waals surface area contributed by atoms with Crippen molar-refractivity contribution in [1.82, 2.24) is 0 Å². The normalized spacial score (nSPS) is 37.2. The lowest BCUT2D eigenvalue weighted by Crippen LogP contribution is -2.10. The summed E-state index contributed by atoms with van der Waals surface area (Å²) in [5.74, 6) is 5.28. The fourth-order valence-corrected chi connectivity index (χ4v) is 5.34. The molecule has 4 rings (SSSR count). The highest BCUT2D eigenvalue weighted by Gasteiger charge is 2.66. The second-order valence-electron chi connectivity index (χ2n) is 7.07. The second-order valence-corrected chi connectivity index (χ2v) is 7.07. The number of methoxy groups -OCH3 is 2. The van der Waals surface area contributed by atoms with Crippen molar-refractivity contribution < 1.29 is 14.6 Å². The second kappa shape index (κ2) is 4.64. The predicted molar refractivity (Wildman–Crippen MR) is 80.5 cm³/mol. The lowest BCUT2D eigenvalue weighted by Gasteiger charge is -2.19. The van der Waals surface area contributed by atoms with Crippen molar-refractivity contribution in [2.45, 2.75) is 32.3 Å². The summed E-state index contributed by atoms with van der Waals surface area (Å²) in [6.45, 7) is 2.05. The summed E-state index contributed by atoms with van der Waals surface area (Å²) in [5, 5.41) is 10.9. The maximum atomic E-state index is 10.9. The molecule has 3 heteroatoms. The lowest BCUT2D eigenvalue weighted by atomic mass is 9.92. The molecule has 114 valence electrons. The summed E-state index contributed by atoms with van der Waals surface area (Å²) >= 11 is 0. The SMILES string of the molecule is COc1cc(C)c(C(O)C2C3C4CCC(C4)C32)cc1OC. The summed E-state index contributed by atoms with van der Waals surface area (Å²) in [4.78, 5) is 0. The van der Waals surface area contributed by atoms with E-state index in [4.69, 9.17) is 9.47 Å². The fourth-order valence-electron chi connectivity index (χ4n) is 5.34. The molecule has 1 aromatic carbocycles. The third-order valence-electron chi connectivity index (χ3n) is 6.25. The number of hydrogen-bond donors (Lipinski definition) is 1. The Bertz CT molecular complexity index is 552. The van der Waals surface area contributed by atoms with E-state index in [0.29, 0.717) is 11.7 Å². The molecule has 0 amide bonds. The first kappa shape index (κ1) is 13.4. The van der Waals surface area contributed by atoms with Crippen molar-refractivity contribution in [3.05, 3.63) is 23.3 Å². The number of aryl methyl sites for hydroxylation is 1. The Hall–Kier alpha value is -1.22. The highest BCUT2D eigenvalue weighted by atomic mass is 16.5. The number of aliphatic hydroxyl groups is 1. The summed E-state index contributed by atoms with van der Waals surface area (Å²) < 4.78 is 10.7. The molecule has 0 heterocycles. The minimum atomic E-state index is -0.344. The fraction of sp³-hybridized carbons (Fsp3) is 0.667. The average Bonchev–Trinajstić information content (AvgIpc) is 2.93. The first-order valence-electron chi connectivity index (χ1n) is 8.06. The van der Waals surface area contributed by atoms with Crippen LogP contribution < -0.4 is 9.47 Å². The first-order chi connectivity index (χ1) is 10.2. The molecule has 5 unspecified atom stereocenters. The van der Waals surface area contributed by atoms with Gasteiger partial charge in [-0.1, -0.05) is 0 Å².